The number of allylic oxidation sites excluding steroid dienone is 2. The molecule has 2 aromatic rings. The molecule has 2 aromatic carbocycles. The summed E-state index contributed by atoms with van der Waals surface area (Å²) in [5, 5.41) is 2.73. The first-order valence-corrected chi connectivity index (χ1v) is 13.0. The Balaban J connectivity index is 1.35. The predicted octanol–water partition coefficient (Wildman–Crippen LogP) is 10.2. The second-order valence-corrected chi connectivity index (χ2v) is 9.08. The second-order valence-electron chi connectivity index (χ2n) is 9.08. The van der Waals surface area contributed by atoms with E-state index in [2.05, 4.69) is 61.5 Å². The van der Waals surface area contributed by atoms with Crippen LogP contribution in [0.5, 0.6) is 0 Å². The molecule has 0 radical (unpaired) electrons. The van der Waals surface area contributed by atoms with E-state index in [-0.39, 0.29) is 0 Å². The standard InChI is InChI=1S/C30H46/c1-2-3-4-5-6-7-8-9-10-11-12-13-14-15-16-17-18-19-22-28-25-26-29-23-20-21-24-30(29)27-28/h14-15,20-21,23-27H,2-13,16-19,22H2,1H3/b15-14+. The van der Waals surface area contributed by atoms with Crippen molar-refractivity contribution >= 4 is 10.8 Å². The van der Waals surface area contributed by atoms with E-state index in [0.29, 0.717) is 0 Å². The number of hydrogen-bond donors (Lipinski definition) is 0. The van der Waals surface area contributed by atoms with Gasteiger partial charge in [0.1, 0.15) is 0 Å². The summed E-state index contributed by atoms with van der Waals surface area (Å²) in [6.07, 6.45) is 28.4. The van der Waals surface area contributed by atoms with Gasteiger partial charge in [0.2, 0.25) is 0 Å². The van der Waals surface area contributed by atoms with Crippen LogP contribution in [0.4, 0.5) is 0 Å². The lowest BCUT2D eigenvalue weighted by atomic mass is 10.0. The van der Waals surface area contributed by atoms with E-state index in [4.69, 9.17) is 0 Å². The van der Waals surface area contributed by atoms with Gasteiger partial charge in [-0.05, 0) is 54.9 Å². The Morgan fingerprint density at radius 2 is 1.07 bits per heavy atom. The van der Waals surface area contributed by atoms with E-state index in [1.807, 2.05) is 0 Å². The highest BCUT2D eigenvalue weighted by Gasteiger charge is 1.97. The fourth-order valence-corrected chi connectivity index (χ4v) is 4.32. The summed E-state index contributed by atoms with van der Waals surface area (Å²) in [6, 6.07) is 15.6. The van der Waals surface area contributed by atoms with Gasteiger partial charge in [-0.25, -0.2) is 0 Å². The highest BCUT2D eigenvalue weighted by atomic mass is 14.0. The Kier molecular flexibility index (Phi) is 14.1. The van der Waals surface area contributed by atoms with E-state index < -0.39 is 0 Å². The van der Waals surface area contributed by atoms with Crippen LogP contribution in [0.25, 0.3) is 10.8 Å². The maximum Gasteiger partial charge on any atom is -0.0181 e. The first-order valence-electron chi connectivity index (χ1n) is 13.0. The zero-order valence-electron chi connectivity index (χ0n) is 19.7. The van der Waals surface area contributed by atoms with Crippen LogP contribution in [0.15, 0.2) is 54.6 Å². The van der Waals surface area contributed by atoms with Gasteiger partial charge in [-0.2, -0.15) is 0 Å². The van der Waals surface area contributed by atoms with Gasteiger partial charge in [-0.1, -0.05) is 132 Å². The molecular formula is C30H46. The fourth-order valence-electron chi connectivity index (χ4n) is 4.32. The molecule has 0 fully saturated rings. The maximum absolute atomic E-state index is 2.43. The summed E-state index contributed by atoms with van der Waals surface area (Å²) in [4.78, 5) is 0. The lowest BCUT2D eigenvalue weighted by Crippen LogP contribution is -1.86. The molecule has 0 aliphatic carbocycles. The van der Waals surface area contributed by atoms with Gasteiger partial charge in [-0.3, -0.25) is 0 Å². The molecule has 166 valence electrons. The largest absolute Gasteiger partial charge is 0.0885 e. The summed E-state index contributed by atoms with van der Waals surface area (Å²) in [7, 11) is 0. The van der Waals surface area contributed by atoms with Gasteiger partial charge >= 0.3 is 0 Å². The molecule has 0 amide bonds. The highest BCUT2D eigenvalue weighted by molar-refractivity contribution is 5.82. The SMILES string of the molecule is CCCCCCCCCCCCC/C=C/CCCCCc1ccc2ccccc2c1. The number of aryl methyl sites for hydroxylation is 1. The van der Waals surface area contributed by atoms with Crippen molar-refractivity contribution in [3.05, 3.63) is 60.2 Å². The van der Waals surface area contributed by atoms with Gasteiger partial charge in [-0.15, -0.1) is 0 Å². The van der Waals surface area contributed by atoms with Crippen molar-refractivity contribution in [2.45, 2.75) is 116 Å². The smallest absolute Gasteiger partial charge is 0.0181 e. The Bertz CT molecular complexity index is 681. The van der Waals surface area contributed by atoms with Crippen molar-refractivity contribution in [1.29, 1.82) is 0 Å². The first-order chi connectivity index (χ1) is 14.9. The van der Waals surface area contributed by atoms with Gasteiger partial charge in [0.25, 0.3) is 0 Å². The summed E-state index contributed by atoms with van der Waals surface area (Å²) < 4.78 is 0. The molecule has 0 heteroatoms. The number of benzene rings is 2. The van der Waals surface area contributed by atoms with Crippen LogP contribution in [-0.4, -0.2) is 0 Å². The molecule has 0 unspecified atom stereocenters. The van der Waals surface area contributed by atoms with E-state index in [1.165, 1.54) is 125 Å². The fraction of sp³-hybridized carbons (Fsp3) is 0.600. The normalized spacial score (nSPS) is 11.6. The van der Waals surface area contributed by atoms with Gasteiger partial charge < -0.3 is 0 Å². The van der Waals surface area contributed by atoms with E-state index in [0.717, 1.165) is 0 Å². The second kappa shape index (κ2) is 17.2. The molecule has 0 aliphatic rings. The van der Waals surface area contributed by atoms with Crippen molar-refractivity contribution in [3.63, 3.8) is 0 Å². The zero-order valence-corrected chi connectivity index (χ0v) is 19.7. The van der Waals surface area contributed by atoms with Crippen LogP contribution in [-0.2, 0) is 6.42 Å². The van der Waals surface area contributed by atoms with Crippen molar-refractivity contribution in [2.24, 2.45) is 0 Å². The van der Waals surface area contributed by atoms with Crippen LogP contribution < -0.4 is 0 Å². The Labute approximate surface area is 187 Å². The minimum Gasteiger partial charge on any atom is -0.0885 e. The quantitative estimate of drug-likeness (QED) is 0.170. The summed E-state index contributed by atoms with van der Waals surface area (Å²) in [5.41, 5.74) is 1.49. The lowest BCUT2D eigenvalue weighted by molar-refractivity contribution is 0.550. The minimum absolute atomic E-state index is 1.22. The third-order valence-electron chi connectivity index (χ3n) is 6.29. The molecule has 0 atom stereocenters. The monoisotopic (exact) mass is 406 g/mol. The molecule has 0 aliphatic heterocycles. The summed E-state index contributed by atoms with van der Waals surface area (Å²) >= 11 is 0. The predicted molar refractivity (Wildman–Crippen MR) is 136 cm³/mol. The lowest BCUT2D eigenvalue weighted by Gasteiger charge is -2.04. The molecule has 0 nitrogen and oxygen atoms in total. The molecule has 0 N–H and O–H groups in total. The Morgan fingerprint density at radius 1 is 0.533 bits per heavy atom. The molecule has 2 rings (SSSR count). The molecule has 0 bridgehead atoms. The number of hydrogen-bond acceptors (Lipinski definition) is 0. The molecule has 0 spiro atoms. The van der Waals surface area contributed by atoms with Crippen molar-refractivity contribution in [3.8, 4) is 0 Å². The summed E-state index contributed by atoms with van der Waals surface area (Å²) in [5.74, 6) is 0. The highest BCUT2D eigenvalue weighted by Crippen LogP contribution is 2.17. The number of fused-ring (bicyclic) bond motifs is 1. The Hall–Kier alpha value is -1.56. The minimum atomic E-state index is 1.22. The molecule has 30 heavy (non-hydrogen) atoms. The van der Waals surface area contributed by atoms with Crippen molar-refractivity contribution < 1.29 is 0 Å². The average molecular weight is 407 g/mol. The summed E-state index contributed by atoms with van der Waals surface area (Å²) in [6.45, 7) is 2.30. The number of unbranched alkanes of at least 4 members (excludes halogenated alkanes) is 14. The topological polar surface area (TPSA) is 0 Å². The first kappa shape index (κ1) is 24.7. The van der Waals surface area contributed by atoms with Crippen LogP contribution in [0, 0.1) is 0 Å². The van der Waals surface area contributed by atoms with Crippen LogP contribution in [0.3, 0.4) is 0 Å². The average Bonchev–Trinajstić information content (AvgIpc) is 2.78. The van der Waals surface area contributed by atoms with Crippen LogP contribution in [0.1, 0.15) is 115 Å². The van der Waals surface area contributed by atoms with E-state index >= 15 is 0 Å². The molecule has 0 saturated heterocycles. The van der Waals surface area contributed by atoms with E-state index in [9.17, 15) is 0 Å². The third kappa shape index (κ3) is 11.6. The zero-order chi connectivity index (χ0) is 21.1. The molecule has 0 saturated carbocycles. The Morgan fingerprint density at radius 3 is 1.70 bits per heavy atom. The van der Waals surface area contributed by atoms with Crippen LogP contribution >= 0.6 is 0 Å². The van der Waals surface area contributed by atoms with Gasteiger partial charge in [0.15, 0.2) is 0 Å². The van der Waals surface area contributed by atoms with Crippen LogP contribution in [0.2, 0.25) is 0 Å². The molecule has 0 aromatic heterocycles. The molecule has 0 heterocycles. The molecular weight excluding hydrogens is 360 g/mol. The number of rotatable bonds is 18. The van der Waals surface area contributed by atoms with Crippen molar-refractivity contribution in [1.82, 2.24) is 0 Å². The van der Waals surface area contributed by atoms with E-state index in [1.54, 1.807) is 0 Å². The van der Waals surface area contributed by atoms with Gasteiger partial charge in [0.05, 0.1) is 0 Å². The third-order valence-corrected chi connectivity index (χ3v) is 6.29. The van der Waals surface area contributed by atoms with Gasteiger partial charge in [0, 0.05) is 0 Å². The van der Waals surface area contributed by atoms with Crippen molar-refractivity contribution in [2.75, 3.05) is 0 Å². The maximum atomic E-state index is 2.43.